The van der Waals surface area contributed by atoms with Crippen LogP contribution in [-0.4, -0.2) is 30.7 Å². The van der Waals surface area contributed by atoms with Crippen LogP contribution in [0.15, 0.2) is 24.3 Å². The maximum atomic E-state index is 11.8. The summed E-state index contributed by atoms with van der Waals surface area (Å²) in [5, 5.41) is 11.3. The molecule has 5 heteroatoms. The molecule has 0 aromatic heterocycles. The molecule has 0 aliphatic heterocycles. The fourth-order valence-corrected chi connectivity index (χ4v) is 1.50. The summed E-state index contributed by atoms with van der Waals surface area (Å²) in [7, 11) is 1.66. The number of hydrogen-bond donors (Lipinski definition) is 2. The Morgan fingerprint density at radius 1 is 1.39 bits per heavy atom. The summed E-state index contributed by atoms with van der Waals surface area (Å²) in [6.45, 7) is 3.58. The number of carbonyl (C=O) groups excluding carboxylic acids is 1. The minimum Gasteiger partial charge on any atom is -0.481 e. The number of nitrogens with one attached hydrogen (secondary N) is 1. The number of anilines is 1. The number of carboxylic acids is 1. The van der Waals surface area contributed by atoms with E-state index in [1.54, 1.807) is 14.0 Å². The first-order valence-electron chi connectivity index (χ1n) is 5.73. The zero-order valence-electron chi connectivity index (χ0n) is 10.8. The van der Waals surface area contributed by atoms with E-state index < -0.39 is 11.9 Å². The average Bonchev–Trinajstić information content (AvgIpc) is 2.35. The Hall–Kier alpha value is -2.04. The number of aryl methyl sites for hydroxylation is 1. The largest absolute Gasteiger partial charge is 0.481 e. The van der Waals surface area contributed by atoms with Gasteiger partial charge in [0.25, 0.3) is 0 Å². The number of benzene rings is 1. The highest BCUT2D eigenvalue weighted by Gasteiger charge is 2.15. The molecule has 0 spiro atoms. The van der Waals surface area contributed by atoms with E-state index in [1.807, 2.05) is 31.2 Å². The second-order valence-electron chi connectivity index (χ2n) is 4.27. The number of para-hydroxylation sites is 1. The summed E-state index contributed by atoms with van der Waals surface area (Å²) in [6.07, 6.45) is 0. The minimum atomic E-state index is -0.922. The molecule has 1 aromatic rings. The van der Waals surface area contributed by atoms with E-state index in [-0.39, 0.29) is 12.6 Å². The smallest absolute Gasteiger partial charge is 0.321 e. The van der Waals surface area contributed by atoms with Crippen molar-refractivity contribution in [2.75, 3.05) is 18.5 Å². The van der Waals surface area contributed by atoms with Gasteiger partial charge in [0.1, 0.15) is 0 Å². The molecule has 0 aliphatic rings. The van der Waals surface area contributed by atoms with E-state index in [0.29, 0.717) is 0 Å². The van der Waals surface area contributed by atoms with Gasteiger partial charge < -0.3 is 10.4 Å². The topological polar surface area (TPSA) is 69.6 Å². The highest BCUT2D eigenvalue weighted by atomic mass is 16.4. The van der Waals surface area contributed by atoms with Gasteiger partial charge in [0.05, 0.1) is 5.92 Å². The third-order valence-corrected chi connectivity index (χ3v) is 2.76. The second kappa shape index (κ2) is 6.05. The van der Waals surface area contributed by atoms with E-state index >= 15 is 0 Å². The first-order chi connectivity index (χ1) is 8.43. The van der Waals surface area contributed by atoms with E-state index in [4.69, 9.17) is 5.11 Å². The summed E-state index contributed by atoms with van der Waals surface area (Å²) in [5.74, 6) is -1.52. The van der Waals surface area contributed by atoms with Crippen LogP contribution in [0.5, 0.6) is 0 Å². The predicted molar refractivity (Wildman–Crippen MR) is 69.8 cm³/mol. The molecule has 1 unspecified atom stereocenters. The first kappa shape index (κ1) is 14.0. The summed E-state index contributed by atoms with van der Waals surface area (Å²) in [5.41, 5.74) is 1.79. The molecule has 0 saturated heterocycles. The van der Waals surface area contributed by atoms with Crippen LogP contribution >= 0.6 is 0 Å². The number of carboxylic acid groups (broad SMARTS) is 1. The SMILES string of the molecule is Cc1ccccc1N(C)C(=O)NCC(C)C(=O)O. The Balaban J connectivity index is 2.63. The fraction of sp³-hybridized carbons (Fsp3) is 0.385. The van der Waals surface area contributed by atoms with Crippen molar-refractivity contribution >= 4 is 17.7 Å². The molecule has 0 fully saturated rings. The summed E-state index contributed by atoms with van der Waals surface area (Å²) < 4.78 is 0. The molecular formula is C13H18N2O3. The van der Waals surface area contributed by atoms with Crippen molar-refractivity contribution in [2.24, 2.45) is 5.92 Å². The lowest BCUT2D eigenvalue weighted by Crippen LogP contribution is -2.40. The number of nitrogens with zero attached hydrogens (tertiary/aromatic N) is 1. The number of urea groups is 1. The Morgan fingerprint density at radius 3 is 2.56 bits per heavy atom. The van der Waals surface area contributed by atoms with Crippen LogP contribution in [0.4, 0.5) is 10.5 Å². The van der Waals surface area contributed by atoms with Crippen molar-refractivity contribution < 1.29 is 14.7 Å². The van der Waals surface area contributed by atoms with Crippen LogP contribution in [-0.2, 0) is 4.79 Å². The highest BCUT2D eigenvalue weighted by molar-refractivity contribution is 5.92. The number of carbonyl (C=O) groups is 2. The third kappa shape index (κ3) is 3.48. The minimum absolute atomic E-state index is 0.115. The molecule has 0 radical (unpaired) electrons. The molecule has 18 heavy (non-hydrogen) atoms. The summed E-state index contributed by atoms with van der Waals surface area (Å²) in [6, 6.07) is 7.20. The monoisotopic (exact) mass is 250 g/mol. The molecule has 1 aromatic carbocycles. The molecule has 0 heterocycles. The van der Waals surface area contributed by atoms with Gasteiger partial charge in [0.15, 0.2) is 0 Å². The molecule has 5 nitrogen and oxygen atoms in total. The fourth-order valence-electron chi connectivity index (χ4n) is 1.50. The molecule has 0 bridgehead atoms. The predicted octanol–water partition coefficient (Wildman–Crippen LogP) is 1.86. The van der Waals surface area contributed by atoms with Crippen molar-refractivity contribution in [3.63, 3.8) is 0 Å². The van der Waals surface area contributed by atoms with Crippen LogP contribution in [0, 0.1) is 12.8 Å². The molecule has 1 rings (SSSR count). The lowest BCUT2D eigenvalue weighted by Gasteiger charge is -2.20. The van der Waals surface area contributed by atoms with E-state index in [1.165, 1.54) is 4.90 Å². The van der Waals surface area contributed by atoms with E-state index in [0.717, 1.165) is 11.3 Å². The van der Waals surface area contributed by atoms with Crippen molar-refractivity contribution in [3.8, 4) is 0 Å². The van der Waals surface area contributed by atoms with Crippen molar-refractivity contribution in [3.05, 3.63) is 29.8 Å². The van der Waals surface area contributed by atoms with Gasteiger partial charge in [-0.25, -0.2) is 4.79 Å². The van der Waals surface area contributed by atoms with Gasteiger partial charge in [-0.3, -0.25) is 9.69 Å². The molecule has 1 atom stereocenters. The van der Waals surface area contributed by atoms with Crippen molar-refractivity contribution in [2.45, 2.75) is 13.8 Å². The van der Waals surface area contributed by atoms with Gasteiger partial charge in [0, 0.05) is 19.3 Å². The number of rotatable bonds is 4. The summed E-state index contributed by atoms with van der Waals surface area (Å²) >= 11 is 0. The average molecular weight is 250 g/mol. The summed E-state index contributed by atoms with van der Waals surface area (Å²) in [4.78, 5) is 24.0. The van der Waals surface area contributed by atoms with Crippen LogP contribution in [0.3, 0.4) is 0 Å². The Morgan fingerprint density at radius 2 is 2.00 bits per heavy atom. The molecular weight excluding hydrogens is 232 g/mol. The van der Waals surface area contributed by atoms with E-state index in [9.17, 15) is 9.59 Å². The van der Waals surface area contributed by atoms with Crippen molar-refractivity contribution in [1.29, 1.82) is 0 Å². The maximum Gasteiger partial charge on any atom is 0.321 e. The van der Waals surface area contributed by atoms with Gasteiger partial charge in [-0.05, 0) is 18.6 Å². The van der Waals surface area contributed by atoms with Crippen LogP contribution in [0.1, 0.15) is 12.5 Å². The van der Waals surface area contributed by atoms with Gasteiger partial charge in [-0.1, -0.05) is 25.1 Å². The van der Waals surface area contributed by atoms with Crippen LogP contribution < -0.4 is 10.2 Å². The number of aliphatic carboxylic acids is 1. The maximum absolute atomic E-state index is 11.8. The first-order valence-corrected chi connectivity index (χ1v) is 5.73. The normalized spacial score (nSPS) is 11.7. The Kier molecular flexibility index (Phi) is 4.71. The van der Waals surface area contributed by atoms with Gasteiger partial charge in [0.2, 0.25) is 0 Å². The quantitative estimate of drug-likeness (QED) is 0.857. The zero-order chi connectivity index (χ0) is 13.7. The van der Waals surface area contributed by atoms with Crippen LogP contribution in [0.25, 0.3) is 0 Å². The number of hydrogen-bond acceptors (Lipinski definition) is 2. The zero-order valence-corrected chi connectivity index (χ0v) is 10.8. The van der Waals surface area contributed by atoms with Gasteiger partial charge in [-0.2, -0.15) is 0 Å². The lowest BCUT2D eigenvalue weighted by atomic mass is 10.2. The van der Waals surface area contributed by atoms with Crippen LogP contribution in [0.2, 0.25) is 0 Å². The lowest BCUT2D eigenvalue weighted by molar-refractivity contribution is -0.140. The molecule has 0 saturated carbocycles. The Labute approximate surface area is 106 Å². The van der Waals surface area contributed by atoms with Gasteiger partial charge >= 0.3 is 12.0 Å². The van der Waals surface area contributed by atoms with Crippen molar-refractivity contribution in [1.82, 2.24) is 5.32 Å². The van der Waals surface area contributed by atoms with Gasteiger partial charge in [-0.15, -0.1) is 0 Å². The highest BCUT2D eigenvalue weighted by Crippen LogP contribution is 2.17. The number of amides is 2. The second-order valence-corrected chi connectivity index (χ2v) is 4.27. The Bertz CT molecular complexity index is 446. The molecule has 0 aliphatic carbocycles. The molecule has 2 amide bonds. The third-order valence-electron chi connectivity index (χ3n) is 2.76. The molecule has 98 valence electrons. The van der Waals surface area contributed by atoms with E-state index in [2.05, 4.69) is 5.32 Å². The standard InChI is InChI=1S/C13H18N2O3/c1-9-6-4-5-7-11(9)15(3)13(18)14-8-10(2)12(16)17/h4-7,10H,8H2,1-3H3,(H,14,18)(H,16,17). The molecule has 2 N–H and O–H groups in total.